The molecule has 0 aromatic carbocycles. The number of aromatic nitrogens is 1. The van der Waals surface area contributed by atoms with Gasteiger partial charge in [-0.05, 0) is 40.8 Å². The second kappa shape index (κ2) is 4.49. The van der Waals surface area contributed by atoms with Crippen molar-refractivity contribution < 1.29 is 9.53 Å². The molecule has 0 bridgehead atoms. The molecular formula is C10H9BrClNO2. The van der Waals surface area contributed by atoms with E-state index in [0.717, 1.165) is 12.8 Å². The van der Waals surface area contributed by atoms with Crippen LogP contribution < -0.4 is 0 Å². The average molecular weight is 291 g/mol. The smallest absolute Gasteiger partial charge is 0.341 e. The van der Waals surface area contributed by atoms with E-state index in [2.05, 4.69) is 20.9 Å². The van der Waals surface area contributed by atoms with Crippen LogP contribution in [-0.4, -0.2) is 17.6 Å². The number of rotatable bonds is 3. The first-order valence-electron chi connectivity index (χ1n) is 4.65. The summed E-state index contributed by atoms with van der Waals surface area (Å²) in [5.41, 5.74) is 0.312. The Kier molecular flexibility index (Phi) is 3.26. The summed E-state index contributed by atoms with van der Waals surface area (Å²) in [6.45, 7) is 0.488. The van der Waals surface area contributed by atoms with Gasteiger partial charge < -0.3 is 4.74 Å². The minimum absolute atomic E-state index is 0.180. The number of carbonyl (C=O) groups is 1. The first-order chi connectivity index (χ1) is 7.16. The van der Waals surface area contributed by atoms with E-state index in [1.165, 1.54) is 0 Å². The van der Waals surface area contributed by atoms with Crippen LogP contribution in [0.5, 0.6) is 0 Å². The molecule has 1 aliphatic rings. The minimum Gasteiger partial charge on any atom is -0.462 e. The largest absolute Gasteiger partial charge is 0.462 e. The lowest BCUT2D eigenvalue weighted by Gasteiger charge is -2.04. The quantitative estimate of drug-likeness (QED) is 0.634. The number of esters is 1. The highest BCUT2D eigenvalue weighted by Crippen LogP contribution is 2.29. The highest BCUT2D eigenvalue weighted by molar-refractivity contribution is 9.10. The molecule has 15 heavy (non-hydrogen) atoms. The van der Waals surface area contributed by atoms with Crippen molar-refractivity contribution in [2.75, 3.05) is 6.61 Å². The number of hydrogen-bond donors (Lipinski definition) is 0. The highest BCUT2D eigenvalue weighted by atomic mass is 79.9. The fourth-order valence-electron chi connectivity index (χ4n) is 1.12. The van der Waals surface area contributed by atoms with Crippen molar-refractivity contribution in [3.05, 3.63) is 27.5 Å². The van der Waals surface area contributed by atoms with E-state index in [0.29, 0.717) is 22.6 Å². The molecule has 5 heteroatoms. The van der Waals surface area contributed by atoms with Crippen LogP contribution >= 0.6 is 27.5 Å². The number of ether oxygens (including phenoxy) is 1. The van der Waals surface area contributed by atoms with Crippen molar-refractivity contribution in [2.24, 2.45) is 5.92 Å². The second-order valence-corrected chi connectivity index (χ2v) is 4.81. The number of pyridine rings is 1. The summed E-state index contributed by atoms with van der Waals surface area (Å²) in [6.07, 6.45) is 3.84. The monoisotopic (exact) mass is 289 g/mol. The molecule has 0 N–H and O–H groups in total. The fourth-order valence-corrected chi connectivity index (χ4v) is 1.63. The summed E-state index contributed by atoms with van der Waals surface area (Å²) in [7, 11) is 0. The van der Waals surface area contributed by atoms with E-state index in [4.69, 9.17) is 16.3 Å². The zero-order valence-electron chi connectivity index (χ0n) is 7.87. The van der Waals surface area contributed by atoms with Crippen LogP contribution in [0.4, 0.5) is 0 Å². The normalized spacial score (nSPS) is 15.1. The maximum Gasteiger partial charge on any atom is 0.341 e. The van der Waals surface area contributed by atoms with Crippen molar-refractivity contribution in [3.8, 4) is 0 Å². The number of carbonyl (C=O) groups excluding carboxylic acids is 1. The molecule has 0 atom stereocenters. The van der Waals surface area contributed by atoms with Crippen LogP contribution in [0.15, 0.2) is 16.7 Å². The van der Waals surface area contributed by atoms with Crippen molar-refractivity contribution in [3.63, 3.8) is 0 Å². The van der Waals surface area contributed by atoms with Crippen LogP contribution in [0.3, 0.4) is 0 Å². The molecule has 1 fully saturated rings. The Morgan fingerprint density at radius 3 is 3.07 bits per heavy atom. The first kappa shape index (κ1) is 10.9. The number of halogens is 2. The molecule has 1 aromatic heterocycles. The zero-order valence-corrected chi connectivity index (χ0v) is 10.2. The van der Waals surface area contributed by atoms with Gasteiger partial charge in [0.05, 0.1) is 12.2 Å². The molecule has 0 aliphatic heterocycles. The minimum atomic E-state index is -0.402. The Bertz CT molecular complexity index is 393. The van der Waals surface area contributed by atoms with Crippen molar-refractivity contribution >= 4 is 33.5 Å². The van der Waals surface area contributed by atoms with Gasteiger partial charge in [-0.3, -0.25) is 0 Å². The van der Waals surface area contributed by atoms with Gasteiger partial charge in [-0.2, -0.15) is 0 Å². The van der Waals surface area contributed by atoms with E-state index in [1.807, 2.05) is 0 Å². The third-order valence-corrected chi connectivity index (χ3v) is 2.91. The molecule has 1 aliphatic carbocycles. The molecule has 3 nitrogen and oxygen atoms in total. The SMILES string of the molecule is O=C(OCC1CC1)c1cc(Br)cnc1Cl. The molecule has 1 heterocycles. The van der Waals surface area contributed by atoms with Gasteiger partial charge in [0, 0.05) is 10.7 Å². The van der Waals surface area contributed by atoms with E-state index in [9.17, 15) is 4.79 Å². The topological polar surface area (TPSA) is 39.2 Å². The van der Waals surface area contributed by atoms with Gasteiger partial charge in [-0.1, -0.05) is 11.6 Å². The summed E-state index contributed by atoms with van der Waals surface area (Å²) in [5.74, 6) is 0.147. The Balaban J connectivity index is 2.05. The van der Waals surface area contributed by atoms with Gasteiger partial charge in [-0.25, -0.2) is 9.78 Å². The van der Waals surface area contributed by atoms with Gasteiger partial charge in [0.2, 0.25) is 0 Å². The molecule has 1 saturated carbocycles. The van der Waals surface area contributed by atoms with E-state index in [1.54, 1.807) is 12.3 Å². The maximum atomic E-state index is 11.6. The summed E-state index contributed by atoms with van der Waals surface area (Å²) >= 11 is 9.02. The third kappa shape index (κ3) is 2.92. The lowest BCUT2D eigenvalue weighted by Crippen LogP contribution is -2.08. The average Bonchev–Trinajstić information content (AvgIpc) is 3.02. The Labute approximate surface area is 101 Å². The molecule has 0 saturated heterocycles. The summed E-state index contributed by atoms with van der Waals surface area (Å²) in [4.78, 5) is 15.4. The molecule has 80 valence electrons. The third-order valence-electron chi connectivity index (χ3n) is 2.17. The van der Waals surface area contributed by atoms with Crippen LogP contribution in [-0.2, 0) is 4.74 Å². The summed E-state index contributed by atoms with van der Waals surface area (Å²) < 4.78 is 5.82. The van der Waals surface area contributed by atoms with Crippen LogP contribution in [0.25, 0.3) is 0 Å². The van der Waals surface area contributed by atoms with E-state index >= 15 is 0 Å². The van der Waals surface area contributed by atoms with Crippen molar-refractivity contribution in [2.45, 2.75) is 12.8 Å². The summed E-state index contributed by atoms with van der Waals surface area (Å²) in [6, 6.07) is 1.62. The van der Waals surface area contributed by atoms with Gasteiger partial charge in [0.15, 0.2) is 0 Å². The van der Waals surface area contributed by atoms with Gasteiger partial charge >= 0.3 is 5.97 Å². The number of hydrogen-bond acceptors (Lipinski definition) is 3. The van der Waals surface area contributed by atoms with Gasteiger partial charge in [-0.15, -0.1) is 0 Å². The van der Waals surface area contributed by atoms with Gasteiger partial charge in [0.25, 0.3) is 0 Å². The van der Waals surface area contributed by atoms with Gasteiger partial charge in [0.1, 0.15) is 5.15 Å². The second-order valence-electron chi connectivity index (χ2n) is 3.53. The van der Waals surface area contributed by atoms with Crippen molar-refractivity contribution in [1.29, 1.82) is 0 Å². The van der Waals surface area contributed by atoms with Crippen LogP contribution in [0.2, 0.25) is 5.15 Å². The predicted molar refractivity (Wildman–Crippen MR) is 60.0 cm³/mol. The van der Waals surface area contributed by atoms with Crippen LogP contribution in [0, 0.1) is 5.92 Å². The Morgan fingerprint density at radius 2 is 2.40 bits per heavy atom. The predicted octanol–water partition coefficient (Wildman–Crippen LogP) is 3.06. The molecule has 0 unspecified atom stereocenters. The molecule has 1 aromatic rings. The molecule has 0 spiro atoms. The lowest BCUT2D eigenvalue weighted by atomic mass is 10.3. The molecular weight excluding hydrogens is 281 g/mol. The van der Waals surface area contributed by atoms with E-state index < -0.39 is 5.97 Å². The zero-order chi connectivity index (χ0) is 10.8. The standard InChI is InChI=1S/C10H9BrClNO2/c11-7-3-8(9(12)13-4-7)10(14)15-5-6-1-2-6/h3-4,6H,1-2,5H2. The van der Waals surface area contributed by atoms with Crippen molar-refractivity contribution in [1.82, 2.24) is 4.98 Å². The Hall–Kier alpha value is -0.610. The Morgan fingerprint density at radius 1 is 1.67 bits per heavy atom. The maximum absolute atomic E-state index is 11.6. The number of nitrogens with zero attached hydrogens (tertiary/aromatic N) is 1. The first-order valence-corrected chi connectivity index (χ1v) is 5.82. The molecule has 0 radical (unpaired) electrons. The van der Waals surface area contributed by atoms with Crippen LogP contribution in [0.1, 0.15) is 23.2 Å². The fraction of sp³-hybridized carbons (Fsp3) is 0.400. The lowest BCUT2D eigenvalue weighted by molar-refractivity contribution is 0.0486. The molecule has 2 rings (SSSR count). The summed E-state index contributed by atoms with van der Waals surface area (Å²) in [5, 5.41) is 0.180. The highest BCUT2D eigenvalue weighted by Gasteiger charge is 2.24. The molecule has 0 amide bonds. The van der Waals surface area contributed by atoms with E-state index in [-0.39, 0.29) is 5.15 Å².